The van der Waals surface area contributed by atoms with Crippen molar-refractivity contribution in [2.45, 2.75) is 31.5 Å². The molecule has 166 valence electrons. The van der Waals surface area contributed by atoms with Crippen LogP contribution < -0.4 is 14.8 Å². The molecular formula is C23H24N4O5. The molecule has 0 saturated carbocycles. The highest BCUT2D eigenvalue weighted by Gasteiger charge is 2.47. The van der Waals surface area contributed by atoms with Crippen LogP contribution in [0.25, 0.3) is 0 Å². The molecule has 2 unspecified atom stereocenters. The Balaban J connectivity index is 1.40. The SMILES string of the molecule is O=C(CN1C(=O)N(Cc2ccccn2)C(=O)C2NCCCC21)c1ccc2c(c1)OCCO2. The Hall–Kier alpha value is -3.46. The van der Waals surface area contributed by atoms with E-state index in [-0.39, 0.29) is 30.8 Å². The average molecular weight is 436 g/mol. The number of rotatable bonds is 5. The van der Waals surface area contributed by atoms with Crippen LogP contribution in [0.2, 0.25) is 0 Å². The molecule has 3 aliphatic heterocycles. The number of Topliss-reactive ketones (excluding diaryl/α,β-unsaturated/α-hetero) is 1. The third kappa shape index (κ3) is 3.80. The number of urea groups is 1. The standard InChI is InChI=1S/C23H24N4O5/c28-18(15-6-7-19-20(12-15)32-11-10-31-19)14-26-17-5-3-9-25-21(17)22(29)27(23(26)30)13-16-4-1-2-8-24-16/h1-2,4,6-8,12,17,21,25H,3,5,9-11,13-14H2. The maximum absolute atomic E-state index is 13.4. The van der Waals surface area contributed by atoms with Crippen LogP contribution in [0.3, 0.4) is 0 Å². The summed E-state index contributed by atoms with van der Waals surface area (Å²) < 4.78 is 11.1. The van der Waals surface area contributed by atoms with Crippen molar-refractivity contribution in [2.24, 2.45) is 0 Å². The quantitative estimate of drug-likeness (QED) is 0.711. The predicted molar refractivity (Wildman–Crippen MR) is 113 cm³/mol. The first kappa shape index (κ1) is 20.4. The van der Waals surface area contributed by atoms with Crippen LogP contribution in [0.1, 0.15) is 28.9 Å². The van der Waals surface area contributed by atoms with E-state index in [0.717, 1.165) is 6.42 Å². The van der Waals surface area contributed by atoms with Crippen molar-refractivity contribution in [1.82, 2.24) is 20.1 Å². The Kier molecular flexibility index (Phi) is 5.48. The number of amides is 3. The molecule has 3 aliphatic rings. The molecule has 2 atom stereocenters. The number of ketones is 1. The van der Waals surface area contributed by atoms with Crippen LogP contribution in [-0.4, -0.2) is 70.9 Å². The lowest BCUT2D eigenvalue weighted by Crippen LogP contribution is -2.69. The summed E-state index contributed by atoms with van der Waals surface area (Å²) in [4.78, 5) is 46.6. The largest absolute Gasteiger partial charge is 0.486 e. The molecule has 0 aliphatic carbocycles. The molecule has 2 fully saturated rings. The van der Waals surface area contributed by atoms with Crippen molar-refractivity contribution in [3.63, 3.8) is 0 Å². The maximum atomic E-state index is 13.4. The second-order valence-corrected chi connectivity index (χ2v) is 8.08. The fourth-order valence-corrected chi connectivity index (χ4v) is 4.47. The number of nitrogens with one attached hydrogen (secondary N) is 1. The number of fused-ring (bicyclic) bond motifs is 2. The minimum absolute atomic E-state index is 0.0676. The van der Waals surface area contributed by atoms with Gasteiger partial charge in [-0.05, 0) is 49.7 Å². The van der Waals surface area contributed by atoms with Crippen molar-refractivity contribution in [2.75, 3.05) is 26.3 Å². The lowest BCUT2D eigenvalue weighted by Gasteiger charge is -2.46. The highest BCUT2D eigenvalue weighted by molar-refractivity contribution is 6.04. The van der Waals surface area contributed by atoms with Crippen molar-refractivity contribution >= 4 is 17.7 Å². The number of aromatic nitrogens is 1. The number of benzene rings is 1. The first-order valence-electron chi connectivity index (χ1n) is 10.8. The van der Waals surface area contributed by atoms with Crippen molar-refractivity contribution in [3.8, 4) is 11.5 Å². The number of carbonyl (C=O) groups excluding carboxylic acids is 3. The van der Waals surface area contributed by atoms with E-state index in [0.29, 0.717) is 48.9 Å². The number of hydrogen-bond donors (Lipinski definition) is 1. The van der Waals surface area contributed by atoms with Gasteiger partial charge in [0.15, 0.2) is 17.3 Å². The van der Waals surface area contributed by atoms with Gasteiger partial charge in [-0.25, -0.2) is 4.79 Å². The fraction of sp³-hybridized carbons (Fsp3) is 0.391. The molecule has 5 rings (SSSR count). The predicted octanol–water partition coefficient (Wildman–Crippen LogP) is 1.62. The summed E-state index contributed by atoms with van der Waals surface area (Å²) in [5.41, 5.74) is 1.05. The maximum Gasteiger partial charge on any atom is 0.327 e. The van der Waals surface area contributed by atoms with E-state index in [2.05, 4.69) is 10.3 Å². The van der Waals surface area contributed by atoms with E-state index in [9.17, 15) is 14.4 Å². The molecule has 0 bridgehead atoms. The van der Waals surface area contributed by atoms with Gasteiger partial charge in [0.1, 0.15) is 19.3 Å². The lowest BCUT2D eigenvalue weighted by molar-refractivity contribution is -0.137. The van der Waals surface area contributed by atoms with E-state index in [1.807, 2.05) is 6.07 Å². The average Bonchev–Trinajstić information content (AvgIpc) is 2.84. The fourth-order valence-electron chi connectivity index (χ4n) is 4.47. The first-order valence-corrected chi connectivity index (χ1v) is 10.8. The second kappa shape index (κ2) is 8.58. The molecule has 32 heavy (non-hydrogen) atoms. The van der Waals surface area contributed by atoms with Crippen LogP contribution in [0, 0.1) is 0 Å². The molecule has 9 heteroatoms. The molecule has 0 radical (unpaired) electrons. The Morgan fingerprint density at radius 3 is 2.78 bits per heavy atom. The number of imide groups is 1. The van der Waals surface area contributed by atoms with Crippen LogP contribution >= 0.6 is 0 Å². The Labute approximate surface area is 185 Å². The second-order valence-electron chi connectivity index (χ2n) is 8.08. The summed E-state index contributed by atoms with van der Waals surface area (Å²) in [6, 6.07) is 9.05. The first-order chi connectivity index (χ1) is 15.6. The van der Waals surface area contributed by atoms with Crippen LogP contribution in [0.4, 0.5) is 4.79 Å². The van der Waals surface area contributed by atoms with Gasteiger partial charge in [0.25, 0.3) is 0 Å². The van der Waals surface area contributed by atoms with Gasteiger partial charge in [-0.1, -0.05) is 6.07 Å². The highest BCUT2D eigenvalue weighted by Crippen LogP contribution is 2.31. The minimum atomic E-state index is -0.529. The van der Waals surface area contributed by atoms with Gasteiger partial charge < -0.3 is 19.7 Å². The third-order valence-electron chi connectivity index (χ3n) is 6.06. The molecule has 4 heterocycles. The topological polar surface area (TPSA) is 101 Å². The zero-order valence-electron chi connectivity index (χ0n) is 17.5. The third-order valence-corrected chi connectivity index (χ3v) is 6.06. The van der Waals surface area contributed by atoms with E-state index in [1.165, 1.54) is 9.80 Å². The molecular weight excluding hydrogens is 412 g/mol. The van der Waals surface area contributed by atoms with Gasteiger partial charge in [0, 0.05) is 11.8 Å². The zero-order valence-corrected chi connectivity index (χ0v) is 17.5. The van der Waals surface area contributed by atoms with E-state index in [1.54, 1.807) is 36.5 Å². The Morgan fingerprint density at radius 1 is 1.12 bits per heavy atom. The van der Waals surface area contributed by atoms with Crippen LogP contribution in [-0.2, 0) is 11.3 Å². The molecule has 1 aromatic carbocycles. The van der Waals surface area contributed by atoms with Crippen molar-refractivity contribution in [3.05, 3.63) is 53.9 Å². The molecule has 0 spiro atoms. The van der Waals surface area contributed by atoms with Gasteiger partial charge >= 0.3 is 6.03 Å². The number of pyridine rings is 1. The van der Waals surface area contributed by atoms with Crippen molar-refractivity contribution in [1.29, 1.82) is 0 Å². The Bertz CT molecular complexity index is 1040. The smallest absolute Gasteiger partial charge is 0.327 e. The van der Waals surface area contributed by atoms with E-state index < -0.39 is 12.1 Å². The van der Waals surface area contributed by atoms with Gasteiger partial charge in [0.05, 0.1) is 24.8 Å². The molecule has 1 aromatic heterocycles. The highest BCUT2D eigenvalue weighted by atomic mass is 16.6. The summed E-state index contributed by atoms with van der Waals surface area (Å²) in [7, 11) is 0. The number of piperidine rings is 1. The summed E-state index contributed by atoms with van der Waals surface area (Å²) >= 11 is 0. The van der Waals surface area contributed by atoms with E-state index in [4.69, 9.17) is 9.47 Å². The molecule has 9 nitrogen and oxygen atoms in total. The van der Waals surface area contributed by atoms with Crippen LogP contribution in [0.5, 0.6) is 11.5 Å². The molecule has 1 N–H and O–H groups in total. The summed E-state index contributed by atoms with van der Waals surface area (Å²) in [5, 5.41) is 3.24. The van der Waals surface area contributed by atoms with Crippen molar-refractivity contribution < 1.29 is 23.9 Å². The lowest BCUT2D eigenvalue weighted by atomic mass is 9.93. The molecule has 2 aromatic rings. The monoisotopic (exact) mass is 436 g/mol. The van der Waals surface area contributed by atoms with Gasteiger partial charge in [-0.2, -0.15) is 0 Å². The number of hydrogen-bond acceptors (Lipinski definition) is 7. The number of carbonyl (C=O) groups is 3. The molecule has 3 amide bonds. The minimum Gasteiger partial charge on any atom is -0.486 e. The number of ether oxygens (including phenoxy) is 2. The van der Waals surface area contributed by atoms with E-state index >= 15 is 0 Å². The Morgan fingerprint density at radius 2 is 1.97 bits per heavy atom. The normalized spacial score (nSPS) is 22.5. The van der Waals surface area contributed by atoms with Gasteiger partial charge in [0.2, 0.25) is 5.91 Å². The summed E-state index contributed by atoms with van der Waals surface area (Å²) in [6.45, 7) is 1.54. The summed E-state index contributed by atoms with van der Waals surface area (Å²) in [5.74, 6) is 0.641. The van der Waals surface area contributed by atoms with Gasteiger partial charge in [-0.3, -0.25) is 19.5 Å². The van der Waals surface area contributed by atoms with Crippen LogP contribution in [0.15, 0.2) is 42.6 Å². The van der Waals surface area contributed by atoms with Gasteiger partial charge in [-0.15, -0.1) is 0 Å². The summed E-state index contributed by atoms with van der Waals surface area (Å²) in [6.07, 6.45) is 3.12. The molecule has 2 saturated heterocycles. The zero-order chi connectivity index (χ0) is 22.1. The number of nitrogens with zero attached hydrogens (tertiary/aromatic N) is 3.